The van der Waals surface area contributed by atoms with Gasteiger partial charge in [-0.1, -0.05) is 12.2 Å². The van der Waals surface area contributed by atoms with Gasteiger partial charge in [0.15, 0.2) is 19.7 Å². The van der Waals surface area contributed by atoms with Crippen LogP contribution in [-0.2, 0) is 19.7 Å². The summed E-state index contributed by atoms with van der Waals surface area (Å²) in [5.74, 6) is 0. The van der Waals surface area contributed by atoms with Gasteiger partial charge in [0.1, 0.15) is 0 Å². The fourth-order valence-electron chi connectivity index (χ4n) is 1.83. The third kappa shape index (κ3) is 4.08. The molecule has 1 rings (SSSR count). The highest BCUT2D eigenvalue weighted by molar-refractivity contribution is 7.91. The highest BCUT2D eigenvalue weighted by Gasteiger charge is 2.19. The summed E-state index contributed by atoms with van der Waals surface area (Å²) < 4.78 is 46.9. The van der Waals surface area contributed by atoms with E-state index in [-0.39, 0.29) is 9.79 Å². The van der Waals surface area contributed by atoms with Crippen LogP contribution in [-0.4, -0.2) is 42.9 Å². The molecule has 0 fully saturated rings. The van der Waals surface area contributed by atoms with Gasteiger partial charge in [-0.25, -0.2) is 16.8 Å². The van der Waals surface area contributed by atoms with Crippen LogP contribution < -0.4 is 4.90 Å². The fraction of sp³-hybridized carbons (Fsp3) is 0.385. The lowest BCUT2D eigenvalue weighted by atomic mass is 10.2. The predicted molar refractivity (Wildman–Crippen MR) is 80.7 cm³/mol. The lowest BCUT2D eigenvalue weighted by Crippen LogP contribution is -2.21. The Morgan fingerprint density at radius 3 is 2.10 bits per heavy atom. The Labute approximate surface area is 120 Å². The van der Waals surface area contributed by atoms with Crippen molar-refractivity contribution in [2.45, 2.75) is 16.7 Å². The van der Waals surface area contributed by atoms with E-state index in [1.54, 1.807) is 11.9 Å². The average molecular weight is 317 g/mol. The highest BCUT2D eigenvalue weighted by atomic mass is 32.2. The number of hydrogen-bond acceptors (Lipinski definition) is 5. The summed E-state index contributed by atoms with van der Waals surface area (Å²) in [6, 6.07) is 4.12. The van der Waals surface area contributed by atoms with E-state index in [0.717, 1.165) is 18.1 Å². The molecule has 0 N–H and O–H groups in total. The van der Waals surface area contributed by atoms with Crippen molar-refractivity contribution in [1.29, 1.82) is 0 Å². The summed E-state index contributed by atoms with van der Waals surface area (Å²) in [6.07, 6.45) is 2.11. The van der Waals surface area contributed by atoms with Crippen LogP contribution in [0, 0.1) is 0 Å². The summed E-state index contributed by atoms with van der Waals surface area (Å²) in [6.45, 7) is 6.10. The van der Waals surface area contributed by atoms with Crippen molar-refractivity contribution in [2.75, 3.05) is 31.0 Å². The van der Waals surface area contributed by atoms with E-state index in [0.29, 0.717) is 12.2 Å². The molecule has 5 nitrogen and oxygen atoms in total. The van der Waals surface area contributed by atoms with Crippen LogP contribution in [0.1, 0.15) is 6.92 Å². The SMILES string of the molecule is C=C(C)CN(C)c1ccc(S(C)(=O)=O)cc1S(C)(=O)=O. The molecule has 0 aliphatic rings. The number of sulfone groups is 2. The number of nitrogens with zero attached hydrogens (tertiary/aromatic N) is 1. The van der Waals surface area contributed by atoms with E-state index >= 15 is 0 Å². The number of hydrogen-bond donors (Lipinski definition) is 0. The van der Waals surface area contributed by atoms with Crippen LogP contribution in [0.3, 0.4) is 0 Å². The minimum Gasteiger partial charge on any atom is -0.370 e. The molecule has 7 heteroatoms. The maximum absolute atomic E-state index is 11.9. The van der Waals surface area contributed by atoms with Crippen LogP contribution in [0.4, 0.5) is 5.69 Å². The first-order valence-electron chi connectivity index (χ1n) is 5.82. The molecular weight excluding hydrogens is 298 g/mol. The zero-order valence-corrected chi connectivity index (χ0v) is 13.7. The quantitative estimate of drug-likeness (QED) is 0.770. The number of likely N-dealkylation sites (N-methyl/N-ethyl adjacent to an activating group) is 1. The van der Waals surface area contributed by atoms with Crippen molar-refractivity contribution in [3.63, 3.8) is 0 Å². The van der Waals surface area contributed by atoms with Gasteiger partial charge in [-0.3, -0.25) is 0 Å². The maximum Gasteiger partial charge on any atom is 0.177 e. The number of benzene rings is 1. The molecule has 112 valence electrons. The average Bonchev–Trinajstić information content (AvgIpc) is 2.24. The molecule has 0 saturated carbocycles. The number of anilines is 1. The lowest BCUT2D eigenvalue weighted by molar-refractivity contribution is 0.600. The third-order valence-electron chi connectivity index (χ3n) is 2.68. The van der Waals surface area contributed by atoms with Crippen molar-refractivity contribution in [1.82, 2.24) is 0 Å². The van der Waals surface area contributed by atoms with E-state index < -0.39 is 19.7 Å². The third-order valence-corrected chi connectivity index (χ3v) is 4.91. The van der Waals surface area contributed by atoms with Gasteiger partial charge in [0.05, 0.1) is 15.5 Å². The number of rotatable bonds is 5. The molecule has 20 heavy (non-hydrogen) atoms. The molecule has 0 heterocycles. The summed E-state index contributed by atoms with van der Waals surface area (Å²) in [5.41, 5.74) is 1.34. The van der Waals surface area contributed by atoms with Crippen molar-refractivity contribution >= 4 is 25.4 Å². The smallest absolute Gasteiger partial charge is 0.177 e. The predicted octanol–water partition coefficient (Wildman–Crippen LogP) is 1.51. The molecule has 0 aromatic heterocycles. The van der Waals surface area contributed by atoms with Gasteiger partial charge >= 0.3 is 0 Å². The summed E-state index contributed by atoms with van der Waals surface area (Å²) >= 11 is 0. The standard InChI is InChI=1S/C13H19NO4S2/c1-10(2)9-14(3)12-7-6-11(19(4,15)16)8-13(12)20(5,17)18/h6-8H,1,9H2,2-5H3. The monoisotopic (exact) mass is 317 g/mol. The van der Waals surface area contributed by atoms with Gasteiger partial charge in [-0.2, -0.15) is 0 Å². The van der Waals surface area contributed by atoms with Gasteiger partial charge in [0.25, 0.3) is 0 Å². The Balaban J connectivity index is 3.51. The first kappa shape index (κ1) is 16.7. The van der Waals surface area contributed by atoms with E-state index in [4.69, 9.17) is 0 Å². The summed E-state index contributed by atoms with van der Waals surface area (Å²) in [5, 5.41) is 0. The first-order chi connectivity index (χ1) is 8.93. The van der Waals surface area contributed by atoms with E-state index in [1.165, 1.54) is 18.2 Å². The van der Waals surface area contributed by atoms with E-state index in [1.807, 2.05) is 6.92 Å². The topological polar surface area (TPSA) is 71.5 Å². The normalized spacial score (nSPS) is 12.2. The van der Waals surface area contributed by atoms with Crippen LogP contribution in [0.15, 0.2) is 40.1 Å². The molecule has 0 radical (unpaired) electrons. The molecule has 0 unspecified atom stereocenters. The molecule has 0 aliphatic carbocycles. The Morgan fingerprint density at radius 1 is 1.15 bits per heavy atom. The minimum absolute atomic E-state index is 0.00387. The van der Waals surface area contributed by atoms with E-state index in [9.17, 15) is 16.8 Å². The first-order valence-corrected chi connectivity index (χ1v) is 9.61. The largest absolute Gasteiger partial charge is 0.370 e. The minimum atomic E-state index is -3.53. The zero-order chi connectivity index (χ0) is 15.7. The van der Waals surface area contributed by atoms with Gasteiger partial charge in [0.2, 0.25) is 0 Å². The molecule has 0 spiro atoms. The lowest BCUT2D eigenvalue weighted by Gasteiger charge is -2.22. The van der Waals surface area contributed by atoms with Gasteiger partial charge in [-0.05, 0) is 25.1 Å². The van der Waals surface area contributed by atoms with E-state index in [2.05, 4.69) is 6.58 Å². The Kier molecular flexibility index (Phi) is 4.66. The molecular formula is C13H19NO4S2. The van der Waals surface area contributed by atoms with Gasteiger partial charge in [0, 0.05) is 26.1 Å². The van der Waals surface area contributed by atoms with Crippen LogP contribution in [0.2, 0.25) is 0 Å². The Hall–Kier alpha value is -1.34. The summed E-state index contributed by atoms with van der Waals surface area (Å²) in [7, 11) is -5.25. The van der Waals surface area contributed by atoms with Crippen molar-refractivity contribution in [3.8, 4) is 0 Å². The van der Waals surface area contributed by atoms with Crippen LogP contribution in [0.5, 0.6) is 0 Å². The van der Waals surface area contributed by atoms with Crippen LogP contribution >= 0.6 is 0 Å². The second kappa shape index (κ2) is 5.57. The van der Waals surface area contributed by atoms with Gasteiger partial charge in [-0.15, -0.1) is 0 Å². The fourth-order valence-corrected chi connectivity index (χ4v) is 3.49. The molecule has 0 aliphatic heterocycles. The molecule has 0 saturated heterocycles. The van der Waals surface area contributed by atoms with Crippen molar-refractivity contribution in [3.05, 3.63) is 30.4 Å². The molecule has 0 amide bonds. The van der Waals surface area contributed by atoms with Crippen LogP contribution in [0.25, 0.3) is 0 Å². The zero-order valence-electron chi connectivity index (χ0n) is 12.0. The molecule has 0 atom stereocenters. The van der Waals surface area contributed by atoms with Crippen molar-refractivity contribution in [2.24, 2.45) is 0 Å². The summed E-state index contributed by atoms with van der Waals surface area (Å²) in [4.78, 5) is 1.72. The Bertz CT molecular complexity index is 734. The second-order valence-corrected chi connectivity index (χ2v) is 8.99. The molecule has 1 aromatic rings. The highest BCUT2D eigenvalue weighted by Crippen LogP contribution is 2.27. The maximum atomic E-state index is 11.9. The van der Waals surface area contributed by atoms with Gasteiger partial charge < -0.3 is 4.90 Å². The van der Waals surface area contributed by atoms with Crippen molar-refractivity contribution < 1.29 is 16.8 Å². The second-order valence-electron chi connectivity index (χ2n) is 4.99. The Morgan fingerprint density at radius 2 is 1.70 bits per heavy atom. The molecule has 0 bridgehead atoms. The molecule has 1 aromatic carbocycles.